The van der Waals surface area contributed by atoms with Gasteiger partial charge in [0.05, 0.1) is 29.8 Å². The topological polar surface area (TPSA) is 36.9 Å². The van der Waals surface area contributed by atoms with Crippen molar-refractivity contribution in [3.05, 3.63) is 0 Å². The van der Waals surface area contributed by atoms with Crippen LogP contribution in [0.5, 0.6) is 0 Å². The highest BCUT2D eigenvalue weighted by molar-refractivity contribution is 5.13. The third-order valence-corrected chi connectivity index (χ3v) is 7.34. The third-order valence-electron chi connectivity index (χ3n) is 7.34. The Labute approximate surface area is 140 Å². The van der Waals surface area contributed by atoms with Crippen molar-refractivity contribution in [2.45, 2.75) is 109 Å². The lowest BCUT2D eigenvalue weighted by molar-refractivity contribution is -0.388. The maximum atomic E-state index is 6.55. The minimum Gasteiger partial charge on any atom is -0.343 e. The van der Waals surface area contributed by atoms with Gasteiger partial charge in [-0.25, -0.2) is 0 Å². The van der Waals surface area contributed by atoms with Crippen LogP contribution in [0.15, 0.2) is 0 Å². The van der Waals surface area contributed by atoms with Crippen molar-refractivity contribution in [1.82, 2.24) is 0 Å². The van der Waals surface area contributed by atoms with Gasteiger partial charge in [-0.15, -0.1) is 0 Å². The standard InChI is InChI=1S/C19H32O4/c1-12-13(2)21-18(20-12)10-6-8-16-9-7-11-19(17(16,18)5)22-14(3)15(4)23-19/h12-16H,6-11H2,1-5H3. The molecule has 0 aromatic heterocycles. The predicted octanol–water partition coefficient (Wildman–Crippen LogP) is 4.02. The summed E-state index contributed by atoms with van der Waals surface area (Å²) in [5.74, 6) is -0.572. The van der Waals surface area contributed by atoms with Crippen LogP contribution in [0.4, 0.5) is 0 Å². The van der Waals surface area contributed by atoms with E-state index in [0.29, 0.717) is 5.92 Å². The SMILES string of the molecule is CC1OC2(CCCC3CCCC4(OC(C)C(C)O4)C32C)OC1C. The molecule has 4 nitrogen and oxygen atoms in total. The molecule has 4 heteroatoms. The molecular formula is C19H32O4. The van der Waals surface area contributed by atoms with Crippen molar-refractivity contribution < 1.29 is 18.9 Å². The van der Waals surface area contributed by atoms with Crippen molar-refractivity contribution in [3.63, 3.8) is 0 Å². The summed E-state index contributed by atoms with van der Waals surface area (Å²) < 4.78 is 26.2. The van der Waals surface area contributed by atoms with E-state index in [1.54, 1.807) is 0 Å². The molecule has 2 saturated carbocycles. The van der Waals surface area contributed by atoms with Crippen LogP contribution in [0, 0.1) is 11.3 Å². The first-order chi connectivity index (χ1) is 10.8. The van der Waals surface area contributed by atoms with E-state index in [4.69, 9.17) is 18.9 Å². The van der Waals surface area contributed by atoms with E-state index in [1.807, 2.05) is 0 Å². The van der Waals surface area contributed by atoms with Crippen molar-refractivity contribution in [2.24, 2.45) is 11.3 Å². The zero-order chi connectivity index (χ0) is 16.5. The summed E-state index contributed by atoms with van der Waals surface area (Å²) in [4.78, 5) is 0. The highest BCUT2D eigenvalue weighted by Gasteiger charge is 2.73. The molecule has 0 amide bonds. The molecule has 0 aromatic rings. The van der Waals surface area contributed by atoms with Crippen LogP contribution in [0.1, 0.15) is 73.1 Å². The largest absolute Gasteiger partial charge is 0.343 e. The Hall–Kier alpha value is -0.160. The monoisotopic (exact) mass is 324 g/mol. The quantitative estimate of drug-likeness (QED) is 0.674. The number of ether oxygens (including phenoxy) is 4. The molecular weight excluding hydrogens is 292 g/mol. The number of hydrogen-bond acceptors (Lipinski definition) is 4. The van der Waals surface area contributed by atoms with Crippen LogP contribution in [-0.2, 0) is 18.9 Å². The molecule has 4 aliphatic rings. The Morgan fingerprint density at radius 1 is 0.652 bits per heavy atom. The number of hydrogen-bond donors (Lipinski definition) is 0. The fraction of sp³-hybridized carbons (Fsp3) is 1.00. The Kier molecular flexibility index (Phi) is 3.67. The third kappa shape index (κ3) is 1.98. The summed E-state index contributed by atoms with van der Waals surface area (Å²) in [6.45, 7) is 10.8. The molecule has 132 valence electrons. The second-order valence-electron chi connectivity index (χ2n) is 8.48. The van der Waals surface area contributed by atoms with Crippen LogP contribution < -0.4 is 0 Å². The van der Waals surface area contributed by atoms with Gasteiger partial charge in [-0.3, -0.25) is 0 Å². The van der Waals surface area contributed by atoms with Crippen LogP contribution in [-0.4, -0.2) is 36.0 Å². The van der Waals surface area contributed by atoms with E-state index >= 15 is 0 Å². The normalized spacial score (nSPS) is 59.6. The zero-order valence-electron chi connectivity index (χ0n) is 15.3. The maximum absolute atomic E-state index is 6.55. The summed E-state index contributed by atoms with van der Waals surface area (Å²) in [6.07, 6.45) is 7.19. The lowest BCUT2D eigenvalue weighted by Crippen LogP contribution is -2.68. The zero-order valence-corrected chi connectivity index (χ0v) is 15.3. The minimum absolute atomic E-state index is 0.126. The Morgan fingerprint density at radius 3 is 1.35 bits per heavy atom. The highest BCUT2D eigenvalue weighted by atomic mass is 16.8. The van der Waals surface area contributed by atoms with Gasteiger partial charge in [-0.2, -0.15) is 0 Å². The van der Waals surface area contributed by atoms with Crippen LogP contribution >= 0.6 is 0 Å². The smallest absolute Gasteiger partial charge is 0.179 e. The first kappa shape index (κ1) is 16.3. The van der Waals surface area contributed by atoms with Crippen molar-refractivity contribution in [3.8, 4) is 0 Å². The van der Waals surface area contributed by atoms with Crippen molar-refractivity contribution >= 4 is 0 Å². The molecule has 0 N–H and O–H groups in total. The molecule has 4 unspecified atom stereocenters. The fourth-order valence-corrected chi connectivity index (χ4v) is 5.68. The summed E-state index contributed by atoms with van der Waals surface area (Å²) in [7, 11) is 0. The van der Waals surface area contributed by atoms with E-state index in [9.17, 15) is 0 Å². The van der Waals surface area contributed by atoms with Crippen molar-refractivity contribution in [1.29, 1.82) is 0 Å². The van der Waals surface area contributed by atoms with E-state index in [2.05, 4.69) is 34.6 Å². The van der Waals surface area contributed by atoms with Gasteiger partial charge < -0.3 is 18.9 Å². The Bertz CT molecular complexity index is 418. The van der Waals surface area contributed by atoms with E-state index < -0.39 is 11.6 Å². The van der Waals surface area contributed by atoms with Crippen LogP contribution in [0.2, 0.25) is 0 Å². The van der Waals surface area contributed by atoms with Crippen LogP contribution in [0.25, 0.3) is 0 Å². The molecule has 2 aliphatic carbocycles. The Morgan fingerprint density at radius 2 is 1.00 bits per heavy atom. The van der Waals surface area contributed by atoms with Gasteiger partial charge >= 0.3 is 0 Å². The van der Waals surface area contributed by atoms with Gasteiger partial charge in [0, 0.05) is 12.8 Å². The average molecular weight is 324 g/mol. The van der Waals surface area contributed by atoms with Crippen molar-refractivity contribution in [2.75, 3.05) is 0 Å². The lowest BCUT2D eigenvalue weighted by Gasteiger charge is -2.61. The van der Waals surface area contributed by atoms with Crippen LogP contribution in [0.3, 0.4) is 0 Å². The van der Waals surface area contributed by atoms with Gasteiger partial charge in [0.1, 0.15) is 0 Å². The summed E-state index contributed by atoms with van der Waals surface area (Å²) in [5, 5.41) is 0. The second kappa shape index (κ2) is 5.17. The molecule has 2 heterocycles. The number of rotatable bonds is 0. The highest BCUT2D eigenvalue weighted by Crippen LogP contribution is 2.66. The predicted molar refractivity (Wildman–Crippen MR) is 86.9 cm³/mol. The molecule has 2 aliphatic heterocycles. The van der Waals surface area contributed by atoms with Gasteiger partial charge in [-0.05, 0) is 66.2 Å². The van der Waals surface area contributed by atoms with Gasteiger partial charge in [0.15, 0.2) is 11.6 Å². The summed E-state index contributed by atoms with van der Waals surface area (Å²) in [5.41, 5.74) is -0.242. The first-order valence-corrected chi connectivity index (χ1v) is 9.55. The lowest BCUT2D eigenvalue weighted by atomic mass is 9.54. The molecule has 0 radical (unpaired) electrons. The average Bonchev–Trinajstić information content (AvgIpc) is 2.93. The molecule has 4 atom stereocenters. The minimum atomic E-state index is -0.557. The van der Waals surface area contributed by atoms with E-state index in [-0.39, 0.29) is 29.8 Å². The molecule has 4 rings (SSSR count). The van der Waals surface area contributed by atoms with E-state index in [1.165, 1.54) is 25.7 Å². The fourth-order valence-electron chi connectivity index (χ4n) is 5.68. The molecule has 4 fully saturated rings. The number of fused-ring (bicyclic) bond motifs is 3. The maximum Gasteiger partial charge on any atom is 0.179 e. The van der Waals surface area contributed by atoms with Gasteiger partial charge in [0.2, 0.25) is 0 Å². The van der Waals surface area contributed by atoms with Gasteiger partial charge in [0.25, 0.3) is 0 Å². The summed E-state index contributed by atoms with van der Waals surface area (Å²) in [6, 6.07) is 0. The molecule has 0 bridgehead atoms. The molecule has 2 spiro atoms. The molecule has 2 saturated heterocycles. The Balaban J connectivity index is 1.80. The molecule has 23 heavy (non-hydrogen) atoms. The van der Waals surface area contributed by atoms with E-state index in [0.717, 1.165) is 12.8 Å². The first-order valence-electron chi connectivity index (χ1n) is 9.55. The molecule has 0 aromatic carbocycles. The second-order valence-corrected chi connectivity index (χ2v) is 8.48. The van der Waals surface area contributed by atoms with Gasteiger partial charge in [-0.1, -0.05) is 0 Å². The summed E-state index contributed by atoms with van der Waals surface area (Å²) >= 11 is 0.